The van der Waals surface area contributed by atoms with Gasteiger partial charge < -0.3 is 15.7 Å². The molecule has 0 aliphatic carbocycles. The Morgan fingerprint density at radius 3 is 2.34 bits per heavy atom. The first-order valence-electron chi connectivity index (χ1n) is 8.87. The Morgan fingerprint density at radius 1 is 0.897 bits per heavy atom. The van der Waals surface area contributed by atoms with E-state index in [1.54, 1.807) is 35.6 Å². The van der Waals surface area contributed by atoms with Gasteiger partial charge in [-0.05, 0) is 61.0 Å². The van der Waals surface area contributed by atoms with E-state index in [1.807, 2.05) is 31.2 Å². The number of rotatable bonds is 3. The maximum absolute atomic E-state index is 12.1. The number of aromatic hydroxyl groups is 1. The average molecular weight is 403 g/mol. The van der Waals surface area contributed by atoms with Gasteiger partial charge in [0.1, 0.15) is 10.8 Å². The SMILES string of the molecule is Cc1ccc2nc(-c3ccc(NC(=O)C(=O)Nc4cccc(O)c4)cc3)sc2c1. The van der Waals surface area contributed by atoms with E-state index in [4.69, 9.17) is 0 Å². The summed E-state index contributed by atoms with van der Waals surface area (Å²) in [5.74, 6) is -1.61. The number of amides is 2. The molecule has 6 nitrogen and oxygen atoms in total. The number of fused-ring (bicyclic) bond motifs is 1. The molecule has 4 rings (SSSR count). The zero-order valence-corrected chi connectivity index (χ0v) is 16.3. The summed E-state index contributed by atoms with van der Waals surface area (Å²) in [6, 6.07) is 19.3. The molecule has 0 saturated carbocycles. The van der Waals surface area contributed by atoms with E-state index in [2.05, 4.69) is 21.7 Å². The van der Waals surface area contributed by atoms with Gasteiger partial charge >= 0.3 is 11.8 Å². The Morgan fingerprint density at radius 2 is 1.62 bits per heavy atom. The van der Waals surface area contributed by atoms with Crippen molar-refractivity contribution in [1.82, 2.24) is 4.98 Å². The third kappa shape index (κ3) is 4.25. The summed E-state index contributed by atoms with van der Waals surface area (Å²) in [6.45, 7) is 2.05. The van der Waals surface area contributed by atoms with E-state index >= 15 is 0 Å². The second kappa shape index (κ2) is 7.73. The second-order valence-electron chi connectivity index (χ2n) is 6.53. The van der Waals surface area contributed by atoms with Gasteiger partial charge in [0.25, 0.3) is 0 Å². The summed E-state index contributed by atoms with van der Waals surface area (Å²) in [7, 11) is 0. The van der Waals surface area contributed by atoms with Gasteiger partial charge in [-0.25, -0.2) is 4.98 Å². The van der Waals surface area contributed by atoms with Crippen LogP contribution in [0.3, 0.4) is 0 Å². The van der Waals surface area contributed by atoms with Crippen molar-refractivity contribution >= 4 is 44.7 Å². The standard InChI is InChI=1S/C22H17N3O3S/c1-13-5-10-18-19(11-13)29-22(25-18)14-6-8-15(9-7-14)23-20(27)21(28)24-16-3-2-4-17(26)12-16/h2-12,26H,1H3,(H,23,27)(H,24,28). The van der Waals surface area contributed by atoms with Crippen LogP contribution >= 0.6 is 11.3 Å². The number of hydrogen-bond acceptors (Lipinski definition) is 5. The Kier molecular flexibility index (Phi) is 4.97. The maximum atomic E-state index is 12.1. The lowest BCUT2D eigenvalue weighted by Gasteiger charge is -2.07. The molecular weight excluding hydrogens is 386 g/mol. The van der Waals surface area contributed by atoms with E-state index in [0.717, 1.165) is 20.8 Å². The molecule has 3 aromatic carbocycles. The molecule has 0 fully saturated rings. The number of phenolic OH excluding ortho intramolecular Hbond substituents is 1. The molecule has 0 bridgehead atoms. The number of hydrogen-bond donors (Lipinski definition) is 3. The van der Waals surface area contributed by atoms with E-state index in [-0.39, 0.29) is 5.75 Å². The van der Waals surface area contributed by atoms with Crippen LogP contribution in [0.2, 0.25) is 0 Å². The Hall–Kier alpha value is -3.71. The van der Waals surface area contributed by atoms with Crippen LogP contribution in [-0.4, -0.2) is 21.9 Å². The molecule has 0 aliphatic heterocycles. The summed E-state index contributed by atoms with van der Waals surface area (Å²) in [5, 5.41) is 15.3. The summed E-state index contributed by atoms with van der Waals surface area (Å²) in [4.78, 5) is 28.8. The first-order chi connectivity index (χ1) is 14.0. The van der Waals surface area contributed by atoms with Gasteiger partial charge in [-0.1, -0.05) is 12.1 Å². The average Bonchev–Trinajstić information content (AvgIpc) is 3.11. The van der Waals surface area contributed by atoms with Crippen LogP contribution in [0.5, 0.6) is 5.75 Å². The number of carbonyl (C=O) groups excluding carboxylic acids is 2. The van der Waals surface area contributed by atoms with Crippen LogP contribution in [0.4, 0.5) is 11.4 Å². The zero-order valence-electron chi connectivity index (χ0n) is 15.5. The monoisotopic (exact) mass is 403 g/mol. The Balaban J connectivity index is 1.44. The molecule has 0 spiro atoms. The molecule has 2 amide bonds. The molecule has 0 radical (unpaired) electrons. The van der Waals surface area contributed by atoms with E-state index in [9.17, 15) is 14.7 Å². The molecule has 0 atom stereocenters. The molecule has 1 aromatic heterocycles. The van der Waals surface area contributed by atoms with Gasteiger partial charge in [-0.2, -0.15) is 0 Å². The van der Waals surface area contributed by atoms with Crippen molar-refractivity contribution in [1.29, 1.82) is 0 Å². The minimum atomic E-state index is -0.818. The normalized spacial score (nSPS) is 10.7. The fraction of sp³-hybridized carbons (Fsp3) is 0.0455. The summed E-state index contributed by atoms with van der Waals surface area (Å²) in [6.07, 6.45) is 0. The van der Waals surface area contributed by atoms with Gasteiger partial charge in [-0.3, -0.25) is 9.59 Å². The third-order valence-corrected chi connectivity index (χ3v) is 5.31. The van der Waals surface area contributed by atoms with Crippen molar-refractivity contribution in [3.63, 3.8) is 0 Å². The summed E-state index contributed by atoms with van der Waals surface area (Å²) >= 11 is 1.61. The Bertz CT molecular complexity index is 1220. The molecule has 0 unspecified atom stereocenters. The van der Waals surface area contributed by atoms with E-state index < -0.39 is 11.8 Å². The predicted molar refractivity (Wildman–Crippen MR) is 115 cm³/mol. The lowest BCUT2D eigenvalue weighted by molar-refractivity contribution is -0.132. The smallest absolute Gasteiger partial charge is 0.314 e. The van der Waals surface area contributed by atoms with Gasteiger partial charge in [0, 0.05) is 23.0 Å². The van der Waals surface area contributed by atoms with Crippen LogP contribution in [0.25, 0.3) is 20.8 Å². The molecule has 29 heavy (non-hydrogen) atoms. The lowest BCUT2D eigenvalue weighted by atomic mass is 10.2. The highest BCUT2D eigenvalue weighted by atomic mass is 32.1. The third-order valence-electron chi connectivity index (χ3n) is 4.24. The largest absolute Gasteiger partial charge is 0.508 e. The topological polar surface area (TPSA) is 91.3 Å². The summed E-state index contributed by atoms with van der Waals surface area (Å²) < 4.78 is 1.13. The first-order valence-corrected chi connectivity index (χ1v) is 9.68. The van der Waals surface area contributed by atoms with Crippen molar-refractivity contribution in [2.75, 3.05) is 10.6 Å². The number of aromatic nitrogens is 1. The van der Waals surface area contributed by atoms with Gasteiger partial charge in [0.2, 0.25) is 0 Å². The number of nitrogens with zero attached hydrogens (tertiary/aromatic N) is 1. The molecule has 3 N–H and O–H groups in total. The van der Waals surface area contributed by atoms with Crippen molar-refractivity contribution in [2.24, 2.45) is 0 Å². The number of anilines is 2. The molecule has 4 aromatic rings. The molecule has 7 heteroatoms. The van der Waals surface area contributed by atoms with E-state index in [0.29, 0.717) is 11.4 Å². The zero-order chi connectivity index (χ0) is 20.4. The number of phenols is 1. The second-order valence-corrected chi connectivity index (χ2v) is 7.56. The quantitative estimate of drug-likeness (QED) is 0.438. The Labute approximate surface area is 170 Å². The lowest BCUT2D eigenvalue weighted by Crippen LogP contribution is -2.29. The highest BCUT2D eigenvalue weighted by Crippen LogP contribution is 2.31. The molecule has 144 valence electrons. The highest BCUT2D eigenvalue weighted by Gasteiger charge is 2.14. The number of carbonyl (C=O) groups is 2. The predicted octanol–water partition coefficient (Wildman–Crippen LogP) is 4.55. The maximum Gasteiger partial charge on any atom is 0.314 e. The molecule has 0 aliphatic rings. The number of aryl methyl sites for hydroxylation is 1. The minimum Gasteiger partial charge on any atom is -0.508 e. The van der Waals surface area contributed by atoms with Crippen molar-refractivity contribution in [3.05, 3.63) is 72.3 Å². The van der Waals surface area contributed by atoms with Crippen molar-refractivity contribution < 1.29 is 14.7 Å². The first kappa shape index (κ1) is 18.6. The van der Waals surface area contributed by atoms with Crippen LogP contribution in [-0.2, 0) is 9.59 Å². The van der Waals surface area contributed by atoms with Crippen LogP contribution < -0.4 is 10.6 Å². The molecule has 0 saturated heterocycles. The minimum absolute atomic E-state index is 0.00352. The number of nitrogens with one attached hydrogen (secondary N) is 2. The van der Waals surface area contributed by atoms with Crippen molar-refractivity contribution in [2.45, 2.75) is 6.92 Å². The van der Waals surface area contributed by atoms with Crippen molar-refractivity contribution in [3.8, 4) is 16.3 Å². The fourth-order valence-corrected chi connectivity index (χ4v) is 3.88. The molecular formula is C22H17N3O3S. The number of benzene rings is 3. The fourth-order valence-electron chi connectivity index (χ4n) is 2.81. The highest BCUT2D eigenvalue weighted by molar-refractivity contribution is 7.21. The van der Waals surface area contributed by atoms with E-state index in [1.165, 1.54) is 17.7 Å². The summed E-state index contributed by atoms with van der Waals surface area (Å²) in [5.41, 5.74) is 3.92. The van der Waals surface area contributed by atoms with Crippen LogP contribution in [0.15, 0.2) is 66.7 Å². The van der Waals surface area contributed by atoms with Gasteiger partial charge in [-0.15, -0.1) is 11.3 Å². The van der Waals surface area contributed by atoms with Gasteiger partial charge in [0.15, 0.2) is 0 Å². The molecule has 1 heterocycles. The van der Waals surface area contributed by atoms with Crippen LogP contribution in [0, 0.1) is 6.92 Å². The number of thiazole rings is 1. The van der Waals surface area contributed by atoms with Crippen LogP contribution in [0.1, 0.15) is 5.56 Å². The van der Waals surface area contributed by atoms with Gasteiger partial charge in [0.05, 0.1) is 10.2 Å².